The Morgan fingerprint density at radius 2 is 2.40 bits per heavy atom. The molecule has 1 atom stereocenters. The molecule has 1 amide bonds. The maximum Gasteiger partial charge on any atom is 0.219 e. The summed E-state index contributed by atoms with van der Waals surface area (Å²) in [6.45, 7) is 4.83. The van der Waals surface area contributed by atoms with Crippen LogP contribution in [0.2, 0.25) is 0 Å². The molecule has 1 saturated heterocycles. The summed E-state index contributed by atoms with van der Waals surface area (Å²) in [5.74, 6) is 0.0884. The van der Waals surface area contributed by atoms with E-state index in [2.05, 4.69) is 17.6 Å². The number of ether oxygens (including phenoxy) is 1. The van der Waals surface area contributed by atoms with Gasteiger partial charge in [-0.05, 0) is 32.7 Å². The summed E-state index contributed by atoms with van der Waals surface area (Å²) in [4.78, 5) is 11.0. The van der Waals surface area contributed by atoms with Gasteiger partial charge in [0.15, 0.2) is 0 Å². The molecule has 1 heterocycles. The topological polar surface area (TPSA) is 50.4 Å². The van der Waals surface area contributed by atoms with Crippen molar-refractivity contribution in [2.45, 2.75) is 38.2 Å². The van der Waals surface area contributed by atoms with E-state index in [1.165, 1.54) is 6.42 Å². The number of amides is 1. The van der Waals surface area contributed by atoms with E-state index < -0.39 is 0 Å². The molecule has 2 N–H and O–H groups in total. The zero-order valence-electron chi connectivity index (χ0n) is 9.77. The van der Waals surface area contributed by atoms with Crippen LogP contribution in [-0.2, 0) is 9.53 Å². The molecule has 1 unspecified atom stereocenters. The Morgan fingerprint density at radius 3 is 3.00 bits per heavy atom. The Bertz CT molecular complexity index is 201. The number of nitrogens with one attached hydrogen (secondary N) is 2. The summed E-state index contributed by atoms with van der Waals surface area (Å²) in [5.41, 5.74) is -0.0268. The molecular weight excluding hydrogens is 192 g/mol. The van der Waals surface area contributed by atoms with Crippen LogP contribution in [0.5, 0.6) is 0 Å². The van der Waals surface area contributed by atoms with Gasteiger partial charge in [0, 0.05) is 26.6 Å². The number of hydrogen-bond acceptors (Lipinski definition) is 3. The zero-order chi connectivity index (χ0) is 11.1. The Morgan fingerprint density at radius 1 is 1.60 bits per heavy atom. The second-order valence-electron chi connectivity index (χ2n) is 4.36. The van der Waals surface area contributed by atoms with E-state index in [0.717, 1.165) is 25.9 Å². The molecule has 1 aliphatic rings. The summed E-state index contributed by atoms with van der Waals surface area (Å²) in [7, 11) is 1.66. The fraction of sp³-hybridized carbons (Fsp3) is 0.909. The second-order valence-corrected chi connectivity index (χ2v) is 4.36. The van der Waals surface area contributed by atoms with Gasteiger partial charge in [0.2, 0.25) is 5.91 Å². The minimum Gasteiger partial charge on any atom is -0.374 e. The van der Waals surface area contributed by atoms with Crippen molar-refractivity contribution >= 4 is 5.91 Å². The smallest absolute Gasteiger partial charge is 0.219 e. The Hall–Kier alpha value is -0.610. The van der Waals surface area contributed by atoms with Crippen molar-refractivity contribution in [1.82, 2.24) is 10.6 Å². The van der Waals surface area contributed by atoms with Gasteiger partial charge in [0.1, 0.15) is 0 Å². The van der Waals surface area contributed by atoms with Gasteiger partial charge in [-0.25, -0.2) is 0 Å². The first-order chi connectivity index (χ1) is 7.16. The first-order valence-electron chi connectivity index (χ1n) is 5.71. The molecule has 0 aliphatic carbocycles. The molecule has 0 spiro atoms. The fourth-order valence-electron chi connectivity index (χ4n) is 1.83. The lowest BCUT2D eigenvalue weighted by molar-refractivity contribution is -0.121. The normalized spacial score (nSPS) is 26.3. The average Bonchev–Trinajstić information content (AvgIpc) is 2.25. The van der Waals surface area contributed by atoms with Gasteiger partial charge in [0.05, 0.1) is 5.60 Å². The van der Waals surface area contributed by atoms with Crippen LogP contribution in [0.3, 0.4) is 0 Å². The second kappa shape index (κ2) is 6.08. The van der Waals surface area contributed by atoms with Gasteiger partial charge in [-0.1, -0.05) is 0 Å². The molecule has 0 saturated carbocycles. The van der Waals surface area contributed by atoms with Crippen LogP contribution in [0, 0.1) is 0 Å². The highest BCUT2D eigenvalue weighted by molar-refractivity contribution is 5.75. The molecule has 1 aliphatic heterocycles. The molecular formula is C11H22N2O2. The van der Waals surface area contributed by atoms with Gasteiger partial charge in [-0.3, -0.25) is 4.79 Å². The van der Waals surface area contributed by atoms with E-state index in [1.54, 1.807) is 7.05 Å². The molecule has 1 fully saturated rings. The van der Waals surface area contributed by atoms with Crippen molar-refractivity contribution in [3.05, 3.63) is 0 Å². The minimum absolute atomic E-state index is 0.0268. The minimum atomic E-state index is -0.0268. The van der Waals surface area contributed by atoms with Crippen LogP contribution in [0.1, 0.15) is 32.6 Å². The molecule has 1 rings (SSSR count). The number of piperidine rings is 1. The largest absolute Gasteiger partial charge is 0.374 e. The number of hydrogen-bond donors (Lipinski definition) is 2. The summed E-state index contributed by atoms with van der Waals surface area (Å²) in [6, 6.07) is 0. The maximum absolute atomic E-state index is 11.0. The number of rotatable bonds is 5. The Labute approximate surface area is 91.8 Å². The molecule has 15 heavy (non-hydrogen) atoms. The standard InChI is InChI=1S/C11H22N2O2/c1-11(6-4-7-13-9-11)15-8-3-5-10(14)12-2/h13H,3-9H2,1-2H3,(H,12,14). The van der Waals surface area contributed by atoms with Gasteiger partial charge < -0.3 is 15.4 Å². The van der Waals surface area contributed by atoms with E-state index in [9.17, 15) is 4.79 Å². The highest BCUT2D eigenvalue weighted by atomic mass is 16.5. The van der Waals surface area contributed by atoms with E-state index in [-0.39, 0.29) is 11.5 Å². The predicted molar refractivity (Wildman–Crippen MR) is 59.8 cm³/mol. The van der Waals surface area contributed by atoms with Crippen molar-refractivity contribution in [3.63, 3.8) is 0 Å². The van der Waals surface area contributed by atoms with E-state index >= 15 is 0 Å². The van der Waals surface area contributed by atoms with Crippen molar-refractivity contribution < 1.29 is 9.53 Å². The summed E-state index contributed by atoms with van der Waals surface area (Å²) in [6.07, 6.45) is 3.64. The first kappa shape index (κ1) is 12.5. The van der Waals surface area contributed by atoms with Crippen molar-refractivity contribution in [2.24, 2.45) is 0 Å². The van der Waals surface area contributed by atoms with Crippen LogP contribution in [0.25, 0.3) is 0 Å². The quantitative estimate of drug-likeness (QED) is 0.661. The Kier molecular flexibility index (Phi) is 5.05. The summed E-state index contributed by atoms with van der Waals surface area (Å²) >= 11 is 0. The van der Waals surface area contributed by atoms with Crippen molar-refractivity contribution in [3.8, 4) is 0 Å². The number of carbonyl (C=O) groups excluding carboxylic acids is 1. The fourth-order valence-corrected chi connectivity index (χ4v) is 1.83. The molecule has 88 valence electrons. The van der Waals surface area contributed by atoms with E-state index in [1.807, 2.05) is 0 Å². The third-order valence-electron chi connectivity index (χ3n) is 2.84. The molecule has 0 bridgehead atoms. The lowest BCUT2D eigenvalue weighted by Crippen LogP contribution is -2.45. The highest BCUT2D eigenvalue weighted by Gasteiger charge is 2.26. The third-order valence-corrected chi connectivity index (χ3v) is 2.84. The van der Waals surface area contributed by atoms with Gasteiger partial charge in [0.25, 0.3) is 0 Å². The van der Waals surface area contributed by atoms with E-state index in [0.29, 0.717) is 13.0 Å². The molecule has 0 radical (unpaired) electrons. The summed E-state index contributed by atoms with van der Waals surface area (Å²) in [5, 5.41) is 5.94. The maximum atomic E-state index is 11.0. The lowest BCUT2D eigenvalue weighted by atomic mass is 9.96. The first-order valence-corrected chi connectivity index (χ1v) is 5.71. The van der Waals surface area contributed by atoms with E-state index in [4.69, 9.17) is 4.74 Å². The molecule has 4 heteroatoms. The van der Waals surface area contributed by atoms with Gasteiger partial charge >= 0.3 is 0 Å². The number of carbonyl (C=O) groups is 1. The molecule has 4 nitrogen and oxygen atoms in total. The molecule has 0 aromatic rings. The highest BCUT2D eigenvalue weighted by Crippen LogP contribution is 2.20. The lowest BCUT2D eigenvalue weighted by Gasteiger charge is -2.34. The van der Waals surface area contributed by atoms with Crippen LogP contribution in [-0.4, -0.2) is 38.3 Å². The van der Waals surface area contributed by atoms with Crippen LogP contribution >= 0.6 is 0 Å². The van der Waals surface area contributed by atoms with Crippen molar-refractivity contribution in [1.29, 1.82) is 0 Å². The van der Waals surface area contributed by atoms with Gasteiger partial charge in [-0.15, -0.1) is 0 Å². The van der Waals surface area contributed by atoms with Gasteiger partial charge in [-0.2, -0.15) is 0 Å². The van der Waals surface area contributed by atoms with Crippen LogP contribution in [0.15, 0.2) is 0 Å². The summed E-state index contributed by atoms with van der Waals surface area (Å²) < 4.78 is 5.82. The van der Waals surface area contributed by atoms with Crippen LogP contribution in [0.4, 0.5) is 0 Å². The third kappa shape index (κ3) is 4.62. The molecule has 0 aromatic carbocycles. The average molecular weight is 214 g/mol. The van der Waals surface area contributed by atoms with Crippen molar-refractivity contribution in [2.75, 3.05) is 26.7 Å². The monoisotopic (exact) mass is 214 g/mol. The van der Waals surface area contributed by atoms with Crippen LogP contribution < -0.4 is 10.6 Å². The predicted octanol–water partition coefficient (Wildman–Crippen LogP) is 0.671. The zero-order valence-corrected chi connectivity index (χ0v) is 9.77. The Balaban J connectivity index is 2.10. The SMILES string of the molecule is CNC(=O)CCCOC1(C)CCCNC1. The molecule has 0 aromatic heterocycles.